The van der Waals surface area contributed by atoms with Crippen LogP contribution < -0.4 is 18.9 Å². The number of rotatable bonds is 9. The van der Waals surface area contributed by atoms with Gasteiger partial charge in [-0.25, -0.2) is 0 Å². The fraction of sp³-hybridized carbons (Fsp3) is 0.643. The summed E-state index contributed by atoms with van der Waals surface area (Å²) in [5, 5.41) is 0. The van der Waals surface area contributed by atoms with E-state index in [-0.39, 0.29) is 18.9 Å². The van der Waals surface area contributed by atoms with Gasteiger partial charge >= 0.3 is 18.9 Å². The maximum atomic E-state index is 3.75. The van der Waals surface area contributed by atoms with Crippen LogP contribution in [0.1, 0.15) is 58.3 Å². The largest absolute Gasteiger partial charge is 1.00 e. The smallest absolute Gasteiger partial charge is 0.340 e. The molecule has 0 aromatic carbocycles. The van der Waals surface area contributed by atoms with Crippen LogP contribution in [0.3, 0.4) is 0 Å². The Balaban J connectivity index is 0. The molecule has 0 aromatic rings. The minimum atomic E-state index is 0. The topological polar surface area (TPSA) is 0 Å². The minimum Gasteiger partial charge on any atom is -0.340 e. The van der Waals surface area contributed by atoms with Crippen LogP contribution in [0, 0.1) is 6.92 Å². The predicted octanol–water partition coefficient (Wildman–Crippen LogP) is 2.08. The Kier molecular flexibility index (Phi) is 19.2. The van der Waals surface area contributed by atoms with Gasteiger partial charge in [0.15, 0.2) is 0 Å². The molecule has 0 atom stereocenters. The number of hydrogen-bond acceptors (Lipinski definition) is 0. The zero-order chi connectivity index (χ0) is 10.5. The van der Waals surface area contributed by atoms with E-state index < -0.39 is 0 Å². The van der Waals surface area contributed by atoms with Gasteiger partial charge in [0.1, 0.15) is 0 Å². The Labute approximate surface area is 108 Å². The summed E-state index contributed by atoms with van der Waals surface area (Å²) in [6, 6.07) is 0. The Morgan fingerprint density at radius 2 is 1.53 bits per heavy atom. The molecule has 0 heterocycles. The van der Waals surface area contributed by atoms with Gasteiger partial charge in [-0.15, -0.1) is 6.08 Å². The predicted molar refractivity (Wildman–Crippen MR) is 66.2 cm³/mol. The summed E-state index contributed by atoms with van der Waals surface area (Å²) in [6.45, 7) is 6.01. The molecule has 0 rings (SSSR count). The van der Waals surface area contributed by atoms with Crippen LogP contribution in [0.4, 0.5) is 0 Å². The molecule has 0 radical (unpaired) electrons. The zero-order valence-corrected chi connectivity index (χ0v) is 10.7. The number of allylic oxidation sites excluding steroid dienone is 4. The first-order valence-corrected chi connectivity index (χ1v) is 6.01. The average molecular weight is 200 g/mol. The van der Waals surface area contributed by atoms with Gasteiger partial charge in [0.05, 0.1) is 0 Å². The third-order valence-corrected chi connectivity index (χ3v) is 2.25. The van der Waals surface area contributed by atoms with Crippen molar-refractivity contribution in [2.45, 2.75) is 58.3 Å². The second-order valence-electron chi connectivity index (χ2n) is 3.67. The van der Waals surface area contributed by atoms with E-state index in [1.54, 1.807) is 0 Å². The zero-order valence-electron chi connectivity index (χ0n) is 10.7. The first-order valence-electron chi connectivity index (χ1n) is 6.01. The molecular formula is C14H25Li. The third kappa shape index (κ3) is 16.7. The SMILES string of the molecule is [CH2-]C/C=C/C/C=C/CCCCCCC.[Li+]. The molecule has 82 valence electrons. The van der Waals surface area contributed by atoms with Crippen molar-refractivity contribution in [1.82, 2.24) is 0 Å². The van der Waals surface area contributed by atoms with Gasteiger partial charge in [-0.2, -0.15) is 6.42 Å². The summed E-state index contributed by atoms with van der Waals surface area (Å²) in [7, 11) is 0. The molecule has 0 N–H and O–H groups in total. The maximum Gasteiger partial charge on any atom is 1.00 e. The molecule has 0 spiro atoms. The van der Waals surface area contributed by atoms with E-state index in [0.717, 1.165) is 12.8 Å². The second kappa shape index (κ2) is 16.5. The summed E-state index contributed by atoms with van der Waals surface area (Å²) >= 11 is 0. The van der Waals surface area contributed by atoms with Crippen molar-refractivity contribution in [3.8, 4) is 0 Å². The van der Waals surface area contributed by atoms with Crippen LogP contribution in [-0.2, 0) is 0 Å². The molecular weight excluding hydrogens is 175 g/mol. The van der Waals surface area contributed by atoms with Crippen molar-refractivity contribution in [3.63, 3.8) is 0 Å². The molecule has 0 aliphatic carbocycles. The maximum absolute atomic E-state index is 3.75. The molecule has 0 aliphatic rings. The summed E-state index contributed by atoms with van der Waals surface area (Å²) < 4.78 is 0. The fourth-order valence-electron chi connectivity index (χ4n) is 1.37. The Hall–Kier alpha value is 0.0774. The average Bonchev–Trinajstić information content (AvgIpc) is 2.21. The van der Waals surface area contributed by atoms with E-state index in [4.69, 9.17) is 0 Å². The Morgan fingerprint density at radius 3 is 2.20 bits per heavy atom. The Morgan fingerprint density at radius 1 is 0.867 bits per heavy atom. The molecule has 0 nitrogen and oxygen atoms in total. The molecule has 0 amide bonds. The van der Waals surface area contributed by atoms with Crippen LogP contribution in [0.25, 0.3) is 0 Å². The van der Waals surface area contributed by atoms with Crippen molar-refractivity contribution in [3.05, 3.63) is 31.2 Å². The minimum absolute atomic E-state index is 0. The van der Waals surface area contributed by atoms with Crippen LogP contribution in [-0.4, -0.2) is 0 Å². The van der Waals surface area contributed by atoms with Crippen LogP contribution in [0.5, 0.6) is 0 Å². The van der Waals surface area contributed by atoms with Crippen LogP contribution in [0.15, 0.2) is 24.3 Å². The number of unbranched alkanes of at least 4 members (excludes halogenated alkanes) is 5. The quantitative estimate of drug-likeness (QED) is 0.231. The molecule has 15 heavy (non-hydrogen) atoms. The van der Waals surface area contributed by atoms with Gasteiger partial charge in [0.2, 0.25) is 0 Å². The van der Waals surface area contributed by atoms with Crippen LogP contribution >= 0.6 is 0 Å². The van der Waals surface area contributed by atoms with Gasteiger partial charge in [-0.05, 0) is 19.3 Å². The van der Waals surface area contributed by atoms with Crippen molar-refractivity contribution in [2.24, 2.45) is 0 Å². The second-order valence-corrected chi connectivity index (χ2v) is 3.67. The van der Waals surface area contributed by atoms with E-state index in [9.17, 15) is 0 Å². The molecule has 0 saturated carbocycles. The van der Waals surface area contributed by atoms with Gasteiger partial charge < -0.3 is 6.92 Å². The summed E-state index contributed by atoms with van der Waals surface area (Å²) in [5.41, 5.74) is 0. The summed E-state index contributed by atoms with van der Waals surface area (Å²) in [4.78, 5) is 0. The third-order valence-electron chi connectivity index (χ3n) is 2.25. The van der Waals surface area contributed by atoms with Crippen LogP contribution in [0.2, 0.25) is 0 Å². The van der Waals surface area contributed by atoms with Crippen molar-refractivity contribution in [1.29, 1.82) is 0 Å². The molecule has 0 bridgehead atoms. The van der Waals surface area contributed by atoms with E-state index in [0.29, 0.717) is 0 Å². The standard InChI is InChI=1S/C14H25.Li/c1-3-5-7-9-11-13-14-12-10-8-6-4-2;/h5,7,11,13H,1,3-4,6,8-10,12,14H2,2H3;/q-1;+1/b7-5+,13-11+;. The molecule has 0 aromatic heterocycles. The molecule has 0 aliphatic heterocycles. The van der Waals surface area contributed by atoms with Crippen molar-refractivity contribution < 1.29 is 18.9 Å². The van der Waals surface area contributed by atoms with Gasteiger partial charge in [0, 0.05) is 0 Å². The van der Waals surface area contributed by atoms with Gasteiger partial charge in [-0.3, -0.25) is 0 Å². The van der Waals surface area contributed by atoms with E-state index in [1.165, 1.54) is 38.5 Å². The summed E-state index contributed by atoms with van der Waals surface area (Å²) in [6.07, 6.45) is 19.0. The fourth-order valence-corrected chi connectivity index (χ4v) is 1.37. The molecule has 0 unspecified atom stereocenters. The van der Waals surface area contributed by atoms with Crippen molar-refractivity contribution >= 4 is 0 Å². The van der Waals surface area contributed by atoms with Gasteiger partial charge in [-0.1, -0.05) is 50.8 Å². The van der Waals surface area contributed by atoms with E-state index >= 15 is 0 Å². The van der Waals surface area contributed by atoms with Crippen molar-refractivity contribution in [2.75, 3.05) is 0 Å². The monoisotopic (exact) mass is 200 g/mol. The molecule has 0 saturated heterocycles. The normalized spacial score (nSPS) is 11.1. The first kappa shape index (κ1) is 17.5. The summed E-state index contributed by atoms with van der Waals surface area (Å²) in [5.74, 6) is 0. The number of hydrogen-bond donors (Lipinski definition) is 0. The molecule has 0 fully saturated rings. The first-order chi connectivity index (χ1) is 6.91. The molecule has 1 heteroatoms. The Bertz CT molecular complexity index is 147. The van der Waals surface area contributed by atoms with Gasteiger partial charge in [0.25, 0.3) is 0 Å². The van der Waals surface area contributed by atoms with E-state index in [1.807, 2.05) is 0 Å². The van der Waals surface area contributed by atoms with E-state index in [2.05, 4.69) is 38.2 Å².